The zero-order valence-corrected chi connectivity index (χ0v) is 9.95. The average molecular weight is 198 g/mol. The Hall–Kier alpha value is -0.570. The van der Waals surface area contributed by atoms with E-state index in [2.05, 4.69) is 25.8 Å². The summed E-state index contributed by atoms with van der Waals surface area (Å²) in [5.74, 6) is 0.412. The highest BCUT2D eigenvalue weighted by Crippen LogP contribution is 2.15. The van der Waals surface area contributed by atoms with E-state index in [0.29, 0.717) is 12.1 Å². The lowest BCUT2D eigenvalue weighted by Crippen LogP contribution is -2.57. The van der Waals surface area contributed by atoms with E-state index in [0.717, 1.165) is 13.1 Å². The fourth-order valence-corrected chi connectivity index (χ4v) is 1.95. The molecule has 0 aromatic carbocycles. The number of hydrogen-bond acceptors (Lipinski definition) is 2. The van der Waals surface area contributed by atoms with Gasteiger partial charge < -0.3 is 4.90 Å². The van der Waals surface area contributed by atoms with E-state index in [1.54, 1.807) is 0 Å². The third kappa shape index (κ3) is 2.27. The molecule has 3 nitrogen and oxygen atoms in total. The van der Waals surface area contributed by atoms with Gasteiger partial charge in [0.2, 0.25) is 5.91 Å². The number of amides is 1. The van der Waals surface area contributed by atoms with Crippen molar-refractivity contribution in [2.45, 2.75) is 39.8 Å². The maximum atomic E-state index is 11.8. The Bertz CT molecular complexity index is 203. The first-order valence-corrected chi connectivity index (χ1v) is 5.44. The van der Waals surface area contributed by atoms with Crippen LogP contribution >= 0.6 is 0 Å². The smallest absolute Gasteiger partial charge is 0.225 e. The van der Waals surface area contributed by atoms with Crippen LogP contribution in [-0.2, 0) is 4.79 Å². The molecule has 1 aliphatic rings. The van der Waals surface area contributed by atoms with Crippen molar-refractivity contribution in [2.24, 2.45) is 5.92 Å². The summed E-state index contributed by atoms with van der Waals surface area (Å²) >= 11 is 0. The Morgan fingerprint density at radius 3 is 2.00 bits per heavy atom. The summed E-state index contributed by atoms with van der Waals surface area (Å²) in [5.41, 5.74) is 0. The van der Waals surface area contributed by atoms with Gasteiger partial charge in [-0.25, -0.2) is 0 Å². The molecule has 1 fully saturated rings. The van der Waals surface area contributed by atoms with E-state index in [-0.39, 0.29) is 11.8 Å². The van der Waals surface area contributed by atoms with Gasteiger partial charge in [-0.1, -0.05) is 13.8 Å². The Morgan fingerprint density at radius 2 is 1.64 bits per heavy atom. The van der Waals surface area contributed by atoms with Gasteiger partial charge in [-0.2, -0.15) is 0 Å². The van der Waals surface area contributed by atoms with Gasteiger partial charge in [-0.05, 0) is 20.9 Å². The summed E-state index contributed by atoms with van der Waals surface area (Å²) in [6.45, 7) is 10.0. The molecule has 2 atom stereocenters. The zero-order chi connectivity index (χ0) is 10.9. The highest BCUT2D eigenvalue weighted by atomic mass is 16.2. The van der Waals surface area contributed by atoms with E-state index in [1.165, 1.54) is 0 Å². The molecule has 0 spiro atoms. The molecule has 1 aliphatic heterocycles. The van der Waals surface area contributed by atoms with Gasteiger partial charge in [0, 0.05) is 31.1 Å². The number of piperazine rings is 1. The Labute approximate surface area is 87.1 Å². The van der Waals surface area contributed by atoms with Crippen LogP contribution in [0.4, 0.5) is 0 Å². The van der Waals surface area contributed by atoms with E-state index in [9.17, 15) is 4.79 Å². The predicted octanol–water partition coefficient (Wildman–Crippen LogP) is 1.19. The van der Waals surface area contributed by atoms with Crippen LogP contribution in [0.2, 0.25) is 0 Å². The maximum Gasteiger partial charge on any atom is 0.225 e. The van der Waals surface area contributed by atoms with Gasteiger partial charge in [0.15, 0.2) is 0 Å². The van der Waals surface area contributed by atoms with E-state index in [4.69, 9.17) is 0 Å². The molecule has 1 saturated heterocycles. The van der Waals surface area contributed by atoms with Gasteiger partial charge >= 0.3 is 0 Å². The van der Waals surface area contributed by atoms with Gasteiger partial charge in [0.25, 0.3) is 0 Å². The van der Waals surface area contributed by atoms with Gasteiger partial charge in [0.1, 0.15) is 0 Å². The third-order valence-corrected chi connectivity index (χ3v) is 3.17. The normalized spacial score (nSPS) is 29.7. The fourth-order valence-electron chi connectivity index (χ4n) is 1.95. The molecule has 1 rings (SSSR count). The second-order valence-corrected chi connectivity index (χ2v) is 4.76. The molecule has 0 aromatic heterocycles. The van der Waals surface area contributed by atoms with Crippen molar-refractivity contribution in [3.63, 3.8) is 0 Å². The summed E-state index contributed by atoms with van der Waals surface area (Å²) in [6.07, 6.45) is 0. The van der Waals surface area contributed by atoms with Crippen LogP contribution in [0, 0.1) is 5.92 Å². The first-order valence-electron chi connectivity index (χ1n) is 5.44. The molecule has 0 radical (unpaired) electrons. The molecule has 0 aromatic rings. The molecule has 14 heavy (non-hydrogen) atoms. The van der Waals surface area contributed by atoms with Crippen LogP contribution in [0.5, 0.6) is 0 Å². The Kier molecular flexibility index (Phi) is 3.53. The zero-order valence-electron chi connectivity index (χ0n) is 9.95. The number of carbonyl (C=O) groups excluding carboxylic acids is 1. The molecule has 0 bridgehead atoms. The summed E-state index contributed by atoms with van der Waals surface area (Å²) in [7, 11) is 2.13. The highest BCUT2D eigenvalue weighted by molar-refractivity contribution is 5.78. The lowest BCUT2D eigenvalue weighted by Gasteiger charge is -2.43. The number of carbonyl (C=O) groups is 1. The molecule has 0 aliphatic carbocycles. The monoisotopic (exact) mass is 198 g/mol. The topological polar surface area (TPSA) is 23.6 Å². The molecular weight excluding hydrogens is 176 g/mol. The van der Waals surface area contributed by atoms with Crippen LogP contribution in [0.3, 0.4) is 0 Å². The summed E-state index contributed by atoms with van der Waals surface area (Å²) in [5, 5.41) is 0. The van der Waals surface area contributed by atoms with Crippen LogP contribution in [0.1, 0.15) is 27.7 Å². The summed E-state index contributed by atoms with van der Waals surface area (Å²) < 4.78 is 0. The SMILES string of the molecule is CC(C)C(=O)N1C[C@@H](C)N(C)[C@@H](C)C1. The van der Waals surface area contributed by atoms with E-state index in [1.807, 2.05) is 18.7 Å². The second-order valence-electron chi connectivity index (χ2n) is 4.76. The molecule has 0 unspecified atom stereocenters. The van der Waals surface area contributed by atoms with Crippen molar-refractivity contribution >= 4 is 5.91 Å². The van der Waals surface area contributed by atoms with Crippen LogP contribution < -0.4 is 0 Å². The number of rotatable bonds is 1. The molecular formula is C11H22N2O. The lowest BCUT2D eigenvalue weighted by atomic mass is 10.1. The first-order chi connectivity index (χ1) is 6.43. The standard InChI is InChI=1S/C11H22N2O/c1-8(2)11(14)13-6-9(3)12(5)10(4)7-13/h8-10H,6-7H2,1-5H3/t9-,10+. The predicted molar refractivity (Wildman–Crippen MR) is 58.1 cm³/mol. The van der Waals surface area contributed by atoms with Crippen LogP contribution in [0.15, 0.2) is 0 Å². The van der Waals surface area contributed by atoms with Crippen molar-refractivity contribution in [1.29, 1.82) is 0 Å². The van der Waals surface area contributed by atoms with Gasteiger partial charge in [-0.3, -0.25) is 9.69 Å². The van der Waals surface area contributed by atoms with Crippen LogP contribution in [0.25, 0.3) is 0 Å². The van der Waals surface area contributed by atoms with Crippen molar-refractivity contribution in [3.8, 4) is 0 Å². The largest absolute Gasteiger partial charge is 0.339 e. The molecule has 0 saturated carbocycles. The quantitative estimate of drug-likeness (QED) is 0.632. The average Bonchev–Trinajstić information content (AvgIpc) is 2.12. The number of nitrogens with zero attached hydrogens (tertiary/aromatic N) is 2. The van der Waals surface area contributed by atoms with Gasteiger partial charge in [-0.15, -0.1) is 0 Å². The fraction of sp³-hybridized carbons (Fsp3) is 0.909. The summed E-state index contributed by atoms with van der Waals surface area (Å²) in [6, 6.07) is 0.947. The Morgan fingerprint density at radius 1 is 1.21 bits per heavy atom. The van der Waals surface area contributed by atoms with Gasteiger partial charge in [0.05, 0.1) is 0 Å². The number of likely N-dealkylation sites (N-methyl/N-ethyl adjacent to an activating group) is 1. The lowest BCUT2D eigenvalue weighted by molar-refractivity contribution is -0.138. The van der Waals surface area contributed by atoms with Crippen LogP contribution in [-0.4, -0.2) is 47.9 Å². The minimum atomic E-state index is 0.123. The van der Waals surface area contributed by atoms with E-state index >= 15 is 0 Å². The second kappa shape index (κ2) is 4.30. The first kappa shape index (κ1) is 11.5. The minimum Gasteiger partial charge on any atom is -0.339 e. The van der Waals surface area contributed by atoms with Crippen molar-refractivity contribution in [3.05, 3.63) is 0 Å². The minimum absolute atomic E-state index is 0.123. The molecule has 82 valence electrons. The van der Waals surface area contributed by atoms with Crippen molar-refractivity contribution < 1.29 is 4.79 Å². The molecule has 0 N–H and O–H groups in total. The Balaban J connectivity index is 2.62. The molecule has 3 heteroatoms. The highest BCUT2D eigenvalue weighted by Gasteiger charge is 2.29. The number of hydrogen-bond donors (Lipinski definition) is 0. The van der Waals surface area contributed by atoms with Crippen molar-refractivity contribution in [1.82, 2.24) is 9.80 Å². The van der Waals surface area contributed by atoms with Crippen molar-refractivity contribution in [2.75, 3.05) is 20.1 Å². The summed E-state index contributed by atoms with van der Waals surface area (Å²) in [4.78, 5) is 16.1. The molecule has 1 heterocycles. The third-order valence-electron chi connectivity index (χ3n) is 3.17. The maximum absolute atomic E-state index is 11.8. The molecule has 1 amide bonds. The van der Waals surface area contributed by atoms with E-state index < -0.39 is 0 Å².